The van der Waals surface area contributed by atoms with E-state index in [0.717, 1.165) is 0 Å². The fourth-order valence-electron chi connectivity index (χ4n) is 0.384. The molecule has 0 aliphatic carbocycles. The normalized spacial score (nSPS) is 12.5. The Hall–Kier alpha value is -0.710. The molecule has 58 valence electrons. The molecule has 0 aliphatic heterocycles. The standard InChI is InChI=1S/C5H8O4S/c6-4(7)2-1-3(10)5(8)9/h3,10H,1-2H2,(H,6,7)(H,8,9)/t3-/m1/s1. The maximum Gasteiger partial charge on any atom is 0.316 e. The van der Waals surface area contributed by atoms with Crippen LogP contribution < -0.4 is 0 Å². The second-order valence-electron chi connectivity index (χ2n) is 1.79. The third-order valence-corrected chi connectivity index (χ3v) is 1.40. The van der Waals surface area contributed by atoms with E-state index in [0.29, 0.717) is 0 Å². The summed E-state index contributed by atoms with van der Waals surface area (Å²) >= 11 is 3.64. The summed E-state index contributed by atoms with van der Waals surface area (Å²) in [5.74, 6) is -2.08. The van der Waals surface area contributed by atoms with Gasteiger partial charge in [-0.3, -0.25) is 9.59 Å². The third kappa shape index (κ3) is 4.20. The van der Waals surface area contributed by atoms with E-state index in [1.165, 1.54) is 0 Å². The van der Waals surface area contributed by atoms with Crippen molar-refractivity contribution in [1.29, 1.82) is 0 Å². The summed E-state index contributed by atoms with van der Waals surface area (Å²) in [6.45, 7) is 0. The van der Waals surface area contributed by atoms with Crippen LogP contribution in [-0.2, 0) is 9.59 Å². The number of thiol groups is 1. The summed E-state index contributed by atoms with van der Waals surface area (Å²) in [6, 6.07) is 0. The van der Waals surface area contributed by atoms with E-state index in [1.54, 1.807) is 0 Å². The zero-order chi connectivity index (χ0) is 8.15. The molecule has 0 saturated heterocycles. The summed E-state index contributed by atoms with van der Waals surface area (Å²) in [5, 5.41) is 15.5. The highest BCUT2D eigenvalue weighted by atomic mass is 32.1. The van der Waals surface area contributed by atoms with Crippen LogP contribution in [0.25, 0.3) is 0 Å². The summed E-state index contributed by atoms with van der Waals surface area (Å²) < 4.78 is 0. The van der Waals surface area contributed by atoms with Crippen molar-refractivity contribution >= 4 is 24.6 Å². The second-order valence-corrected chi connectivity index (χ2v) is 2.41. The van der Waals surface area contributed by atoms with Crippen LogP contribution in [0.1, 0.15) is 12.8 Å². The molecule has 5 heteroatoms. The Bertz CT molecular complexity index is 145. The van der Waals surface area contributed by atoms with E-state index >= 15 is 0 Å². The van der Waals surface area contributed by atoms with Gasteiger partial charge in [-0.05, 0) is 6.42 Å². The highest BCUT2D eigenvalue weighted by molar-refractivity contribution is 7.81. The molecule has 0 aliphatic rings. The van der Waals surface area contributed by atoms with Gasteiger partial charge in [-0.1, -0.05) is 0 Å². The number of hydrogen-bond acceptors (Lipinski definition) is 3. The highest BCUT2D eigenvalue weighted by Crippen LogP contribution is 2.03. The van der Waals surface area contributed by atoms with Gasteiger partial charge in [-0.15, -0.1) is 0 Å². The molecule has 0 amide bonds. The van der Waals surface area contributed by atoms with Gasteiger partial charge in [-0.2, -0.15) is 12.6 Å². The van der Waals surface area contributed by atoms with Crippen molar-refractivity contribution in [3.8, 4) is 0 Å². The first-order valence-corrected chi connectivity index (χ1v) is 3.18. The number of rotatable bonds is 4. The molecule has 2 N–H and O–H groups in total. The van der Waals surface area contributed by atoms with Crippen molar-refractivity contribution in [3.63, 3.8) is 0 Å². The van der Waals surface area contributed by atoms with Crippen LogP contribution in [-0.4, -0.2) is 27.4 Å². The molecule has 0 aromatic heterocycles. The van der Waals surface area contributed by atoms with Crippen LogP contribution in [0.15, 0.2) is 0 Å². The Morgan fingerprint density at radius 1 is 1.40 bits per heavy atom. The second kappa shape index (κ2) is 4.16. The number of hydrogen-bond donors (Lipinski definition) is 3. The van der Waals surface area contributed by atoms with E-state index in [9.17, 15) is 9.59 Å². The maximum absolute atomic E-state index is 10.0. The van der Waals surface area contributed by atoms with E-state index in [2.05, 4.69) is 12.6 Å². The molecule has 0 bridgehead atoms. The van der Waals surface area contributed by atoms with E-state index in [1.807, 2.05) is 0 Å². The minimum atomic E-state index is -1.08. The predicted molar refractivity (Wildman–Crippen MR) is 37.3 cm³/mol. The van der Waals surface area contributed by atoms with Gasteiger partial charge < -0.3 is 10.2 Å². The van der Waals surface area contributed by atoms with Gasteiger partial charge in [0.15, 0.2) is 0 Å². The average molecular weight is 164 g/mol. The van der Waals surface area contributed by atoms with Gasteiger partial charge in [0.05, 0.1) is 5.25 Å². The third-order valence-electron chi connectivity index (χ3n) is 0.917. The highest BCUT2D eigenvalue weighted by Gasteiger charge is 2.12. The lowest BCUT2D eigenvalue weighted by molar-refractivity contribution is -0.138. The van der Waals surface area contributed by atoms with Gasteiger partial charge in [0.2, 0.25) is 0 Å². The smallest absolute Gasteiger partial charge is 0.316 e. The molecule has 0 radical (unpaired) electrons. The topological polar surface area (TPSA) is 74.6 Å². The summed E-state index contributed by atoms with van der Waals surface area (Å²) in [6.07, 6.45) is -0.0890. The molecule has 0 heterocycles. The van der Waals surface area contributed by atoms with Crippen molar-refractivity contribution in [2.24, 2.45) is 0 Å². The maximum atomic E-state index is 10.0. The summed E-state index contributed by atoms with van der Waals surface area (Å²) in [4.78, 5) is 19.9. The Kier molecular flexibility index (Phi) is 3.87. The van der Waals surface area contributed by atoms with Crippen LogP contribution in [0.4, 0.5) is 0 Å². The van der Waals surface area contributed by atoms with Crippen molar-refractivity contribution in [2.45, 2.75) is 18.1 Å². The fraction of sp³-hybridized carbons (Fsp3) is 0.600. The van der Waals surface area contributed by atoms with Gasteiger partial charge in [0.25, 0.3) is 0 Å². The largest absolute Gasteiger partial charge is 0.481 e. The number of carboxylic acid groups (broad SMARTS) is 2. The Balaban J connectivity index is 3.49. The number of aliphatic carboxylic acids is 2. The molecule has 1 atom stereocenters. The summed E-state index contributed by atoms with van der Waals surface area (Å²) in [5.41, 5.74) is 0. The first kappa shape index (κ1) is 9.29. The lowest BCUT2D eigenvalue weighted by Gasteiger charge is -2.00. The Labute approximate surface area is 63.3 Å². The van der Waals surface area contributed by atoms with Crippen molar-refractivity contribution in [1.82, 2.24) is 0 Å². The minimum absolute atomic E-state index is 0.0633. The molecular weight excluding hydrogens is 156 g/mol. The lowest BCUT2D eigenvalue weighted by Crippen LogP contribution is -2.14. The van der Waals surface area contributed by atoms with Crippen molar-refractivity contribution in [2.75, 3.05) is 0 Å². The van der Waals surface area contributed by atoms with Crippen LogP contribution >= 0.6 is 12.6 Å². The summed E-state index contributed by atoms with van der Waals surface area (Å²) in [7, 11) is 0. The SMILES string of the molecule is O=C(O)CC[C@@H](S)C(=O)O. The molecule has 0 saturated carbocycles. The number of carboxylic acids is 2. The molecular formula is C5H8O4S. The van der Waals surface area contributed by atoms with Crippen molar-refractivity contribution < 1.29 is 19.8 Å². The minimum Gasteiger partial charge on any atom is -0.481 e. The first-order chi connectivity index (χ1) is 4.54. The molecule has 0 fully saturated rings. The Morgan fingerprint density at radius 2 is 1.90 bits per heavy atom. The van der Waals surface area contributed by atoms with E-state index in [4.69, 9.17) is 10.2 Å². The predicted octanol–water partition coefficient (Wildman–Crippen LogP) is 0.234. The average Bonchev–Trinajstić information content (AvgIpc) is 1.82. The molecule has 0 aromatic carbocycles. The Morgan fingerprint density at radius 3 is 2.20 bits per heavy atom. The molecule has 4 nitrogen and oxygen atoms in total. The quantitative estimate of drug-likeness (QED) is 0.520. The zero-order valence-electron chi connectivity index (χ0n) is 5.15. The zero-order valence-corrected chi connectivity index (χ0v) is 6.04. The van der Waals surface area contributed by atoms with Crippen LogP contribution in [0.2, 0.25) is 0 Å². The molecule has 0 spiro atoms. The van der Waals surface area contributed by atoms with Gasteiger partial charge in [-0.25, -0.2) is 0 Å². The van der Waals surface area contributed by atoms with Gasteiger partial charge in [0, 0.05) is 6.42 Å². The molecule has 10 heavy (non-hydrogen) atoms. The number of carbonyl (C=O) groups is 2. The first-order valence-electron chi connectivity index (χ1n) is 2.66. The van der Waals surface area contributed by atoms with Gasteiger partial charge in [0.1, 0.15) is 0 Å². The van der Waals surface area contributed by atoms with Crippen molar-refractivity contribution in [3.05, 3.63) is 0 Å². The fourth-order valence-corrected chi connectivity index (χ4v) is 0.513. The molecule has 0 rings (SSSR count). The van der Waals surface area contributed by atoms with Crippen LogP contribution in [0.3, 0.4) is 0 Å². The molecule has 0 unspecified atom stereocenters. The van der Waals surface area contributed by atoms with Crippen LogP contribution in [0, 0.1) is 0 Å². The van der Waals surface area contributed by atoms with E-state index < -0.39 is 17.2 Å². The van der Waals surface area contributed by atoms with Crippen LogP contribution in [0.5, 0.6) is 0 Å². The lowest BCUT2D eigenvalue weighted by atomic mass is 10.2. The molecule has 0 aromatic rings. The van der Waals surface area contributed by atoms with E-state index in [-0.39, 0.29) is 12.8 Å². The monoisotopic (exact) mass is 164 g/mol. The van der Waals surface area contributed by atoms with Gasteiger partial charge >= 0.3 is 11.9 Å².